The van der Waals surface area contributed by atoms with E-state index in [1.165, 1.54) is 11.3 Å². The van der Waals surface area contributed by atoms with E-state index < -0.39 is 23.4 Å². The first-order valence-corrected chi connectivity index (χ1v) is 12.7. The minimum absolute atomic E-state index is 0.0609. The van der Waals surface area contributed by atoms with Crippen LogP contribution in [0.2, 0.25) is 0 Å². The van der Waals surface area contributed by atoms with Crippen molar-refractivity contribution in [2.75, 3.05) is 18.4 Å². The number of thiazole rings is 1. The van der Waals surface area contributed by atoms with Gasteiger partial charge in [0.2, 0.25) is 11.9 Å². The van der Waals surface area contributed by atoms with Crippen molar-refractivity contribution in [2.45, 2.75) is 50.8 Å². The van der Waals surface area contributed by atoms with Gasteiger partial charge in [0.25, 0.3) is 0 Å². The number of carbonyl (C=O) groups excluding carboxylic acids is 1. The van der Waals surface area contributed by atoms with Gasteiger partial charge in [-0.2, -0.15) is 13.2 Å². The number of aliphatic carboxylic acids is 1. The molecule has 9 nitrogen and oxygen atoms in total. The predicted molar refractivity (Wildman–Crippen MR) is 134 cm³/mol. The Morgan fingerprint density at radius 1 is 1.16 bits per heavy atom. The topological polar surface area (TPSA) is 129 Å². The fourth-order valence-electron chi connectivity index (χ4n) is 4.21. The number of amides is 1. The SMILES string of the molecule is Cc1cc(Nc2nccc(C(F)(F)F)n2)cc(-c2cnc(C3(O)CCN(C(=O)CCCC(=O)O)CC3)s2)c1. The predicted octanol–water partition coefficient (Wildman–Crippen LogP) is 4.74. The molecule has 13 heteroatoms. The van der Waals surface area contributed by atoms with E-state index in [2.05, 4.69) is 20.3 Å². The van der Waals surface area contributed by atoms with Gasteiger partial charge in [-0.1, -0.05) is 6.07 Å². The van der Waals surface area contributed by atoms with Gasteiger partial charge in [-0.05, 0) is 42.7 Å². The van der Waals surface area contributed by atoms with Crippen molar-refractivity contribution in [3.8, 4) is 10.4 Å². The van der Waals surface area contributed by atoms with Gasteiger partial charge in [0.15, 0.2) is 0 Å². The lowest BCUT2D eigenvalue weighted by molar-refractivity contribution is -0.141. The van der Waals surface area contributed by atoms with Gasteiger partial charge in [-0.25, -0.2) is 15.0 Å². The molecule has 0 spiro atoms. The maximum Gasteiger partial charge on any atom is 0.433 e. The Kier molecular flexibility index (Phi) is 7.97. The minimum Gasteiger partial charge on any atom is -0.481 e. The number of aromatic nitrogens is 3. The number of aliphatic hydroxyl groups is 1. The number of nitrogens with zero attached hydrogens (tertiary/aromatic N) is 4. The maximum atomic E-state index is 13.0. The van der Waals surface area contributed by atoms with E-state index in [-0.39, 0.29) is 31.1 Å². The van der Waals surface area contributed by atoms with Crippen molar-refractivity contribution >= 4 is 34.8 Å². The summed E-state index contributed by atoms with van der Waals surface area (Å²) < 4.78 is 39.0. The van der Waals surface area contributed by atoms with Gasteiger partial charge in [0, 0.05) is 56.9 Å². The highest BCUT2D eigenvalue weighted by Gasteiger charge is 2.38. The zero-order valence-corrected chi connectivity index (χ0v) is 21.3. The summed E-state index contributed by atoms with van der Waals surface area (Å²) in [5.74, 6) is -1.25. The first kappa shape index (κ1) is 27.5. The van der Waals surface area contributed by atoms with E-state index in [9.17, 15) is 27.9 Å². The molecule has 3 N–H and O–H groups in total. The standard InChI is InChI=1S/C25H26F3N5O4S/c1-15-11-16(13-17(12-15)31-23-29-8-5-19(32-23)25(26,27)28)18-14-30-22(38-18)24(37)6-9-33(10-7-24)20(34)3-2-4-21(35)36/h5,8,11-14,37H,2-4,6-7,9-10H2,1H3,(H,35,36)(H,29,31,32). The van der Waals surface area contributed by atoms with Crippen LogP contribution in [0.3, 0.4) is 0 Å². The third-order valence-corrected chi connectivity index (χ3v) is 7.43. The molecular formula is C25H26F3N5O4S. The fourth-order valence-corrected chi connectivity index (χ4v) is 5.26. The average molecular weight is 550 g/mol. The first-order chi connectivity index (χ1) is 17.9. The summed E-state index contributed by atoms with van der Waals surface area (Å²) in [7, 11) is 0. The normalized spacial score (nSPS) is 15.3. The zero-order valence-electron chi connectivity index (χ0n) is 20.5. The number of carboxylic acids is 1. The van der Waals surface area contributed by atoms with Crippen molar-refractivity contribution < 1.29 is 33.0 Å². The summed E-state index contributed by atoms with van der Waals surface area (Å²) in [5.41, 5.74) is -0.130. The number of rotatable bonds is 8. The Balaban J connectivity index is 1.45. The molecule has 1 saturated heterocycles. The van der Waals surface area contributed by atoms with Crippen LogP contribution in [0.4, 0.5) is 24.8 Å². The van der Waals surface area contributed by atoms with E-state index in [0.717, 1.165) is 28.3 Å². The molecular weight excluding hydrogens is 523 g/mol. The lowest BCUT2D eigenvalue weighted by Crippen LogP contribution is -2.45. The van der Waals surface area contributed by atoms with E-state index in [4.69, 9.17) is 5.11 Å². The van der Waals surface area contributed by atoms with Crippen LogP contribution in [0.15, 0.2) is 36.7 Å². The van der Waals surface area contributed by atoms with Crippen molar-refractivity contribution in [2.24, 2.45) is 0 Å². The number of piperidine rings is 1. The zero-order chi connectivity index (χ0) is 27.5. The molecule has 3 aromatic rings. The molecule has 4 rings (SSSR count). The van der Waals surface area contributed by atoms with Crippen LogP contribution < -0.4 is 5.32 Å². The van der Waals surface area contributed by atoms with E-state index >= 15 is 0 Å². The van der Waals surface area contributed by atoms with Gasteiger partial charge in [0.1, 0.15) is 16.3 Å². The number of aryl methyl sites for hydroxylation is 1. The second kappa shape index (κ2) is 11.0. The number of likely N-dealkylation sites (tertiary alicyclic amines) is 1. The van der Waals surface area contributed by atoms with Gasteiger partial charge in [-0.3, -0.25) is 9.59 Å². The highest BCUT2D eigenvalue weighted by molar-refractivity contribution is 7.15. The molecule has 1 fully saturated rings. The number of carbonyl (C=O) groups is 2. The summed E-state index contributed by atoms with van der Waals surface area (Å²) >= 11 is 1.31. The molecule has 202 valence electrons. The summed E-state index contributed by atoms with van der Waals surface area (Å²) in [5, 5.41) is 23.3. The molecule has 1 aliphatic heterocycles. The van der Waals surface area contributed by atoms with Gasteiger partial charge >= 0.3 is 12.1 Å². The summed E-state index contributed by atoms with van der Waals surface area (Å²) in [6, 6.07) is 6.20. The largest absolute Gasteiger partial charge is 0.481 e. The van der Waals surface area contributed by atoms with Crippen LogP contribution >= 0.6 is 11.3 Å². The Labute approximate surface area is 220 Å². The molecule has 2 aromatic heterocycles. The monoisotopic (exact) mass is 549 g/mol. The number of hydrogen-bond donors (Lipinski definition) is 3. The Hall–Kier alpha value is -3.58. The van der Waals surface area contributed by atoms with Crippen LogP contribution in [0.1, 0.15) is 48.4 Å². The molecule has 1 aliphatic rings. The number of anilines is 2. The average Bonchev–Trinajstić information content (AvgIpc) is 3.35. The lowest BCUT2D eigenvalue weighted by Gasteiger charge is -2.37. The minimum atomic E-state index is -4.58. The van der Waals surface area contributed by atoms with E-state index in [1.807, 2.05) is 13.0 Å². The van der Waals surface area contributed by atoms with E-state index in [1.54, 1.807) is 23.2 Å². The molecule has 38 heavy (non-hydrogen) atoms. The number of carboxylic acid groups (broad SMARTS) is 1. The summed E-state index contributed by atoms with van der Waals surface area (Å²) in [4.78, 5) is 37.3. The van der Waals surface area contributed by atoms with Crippen molar-refractivity contribution in [3.63, 3.8) is 0 Å². The van der Waals surface area contributed by atoms with Gasteiger partial charge in [0.05, 0.1) is 4.88 Å². The van der Waals surface area contributed by atoms with Crippen molar-refractivity contribution in [1.29, 1.82) is 0 Å². The molecule has 0 unspecified atom stereocenters. The molecule has 1 amide bonds. The first-order valence-electron chi connectivity index (χ1n) is 11.9. The third kappa shape index (κ3) is 6.64. The molecule has 3 heterocycles. The van der Waals surface area contributed by atoms with Crippen LogP contribution in [-0.4, -0.2) is 55.0 Å². The fraction of sp³-hybridized carbons (Fsp3) is 0.400. The smallest absolute Gasteiger partial charge is 0.433 e. The van der Waals surface area contributed by atoms with Gasteiger partial charge in [-0.15, -0.1) is 11.3 Å². The van der Waals surface area contributed by atoms with Crippen molar-refractivity contribution in [1.82, 2.24) is 19.9 Å². The molecule has 0 atom stereocenters. The quantitative estimate of drug-likeness (QED) is 0.368. The van der Waals surface area contributed by atoms with Gasteiger partial charge < -0.3 is 20.4 Å². The van der Waals surface area contributed by atoms with E-state index in [0.29, 0.717) is 36.6 Å². The Bertz CT molecular complexity index is 1320. The second-order valence-electron chi connectivity index (χ2n) is 9.17. The highest BCUT2D eigenvalue weighted by Crippen LogP contribution is 2.39. The van der Waals surface area contributed by atoms with Crippen molar-refractivity contribution in [3.05, 3.63) is 52.9 Å². The number of alkyl halides is 3. The lowest BCUT2D eigenvalue weighted by atomic mass is 9.92. The Morgan fingerprint density at radius 3 is 2.58 bits per heavy atom. The molecule has 0 bridgehead atoms. The number of nitrogens with one attached hydrogen (secondary N) is 1. The summed E-state index contributed by atoms with van der Waals surface area (Å²) in [6.45, 7) is 2.53. The highest BCUT2D eigenvalue weighted by atomic mass is 32.1. The van der Waals surface area contributed by atoms with Crippen LogP contribution in [0, 0.1) is 6.92 Å². The van der Waals surface area contributed by atoms with Crippen LogP contribution in [-0.2, 0) is 21.4 Å². The number of benzene rings is 1. The summed E-state index contributed by atoms with van der Waals surface area (Å²) in [6.07, 6.45) is -0.925. The molecule has 0 radical (unpaired) electrons. The number of halogens is 3. The second-order valence-corrected chi connectivity index (χ2v) is 10.2. The number of hydrogen-bond acceptors (Lipinski definition) is 8. The maximum absolute atomic E-state index is 13.0. The van der Waals surface area contributed by atoms with Crippen LogP contribution in [0.25, 0.3) is 10.4 Å². The molecule has 0 saturated carbocycles. The third-order valence-electron chi connectivity index (χ3n) is 6.19. The molecule has 1 aromatic carbocycles. The van der Waals surface area contributed by atoms with Crippen LogP contribution in [0.5, 0.6) is 0 Å². The molecule has 0 aliphatic carbocycles. The Morgan fingerprint density at radius 2 is 1.89 bits per heavy atom.